The van der Waals surface area contributed by atoms with Crippen molar-refractivity contribution < 1.29 is 8.42 Å². The minimum absolute atomic E-state index is 0.256. The first-order chi connectivity index (χ1) is 14.4. The largest absolute Gasteiger partial charge is 0.354 e. The van der Waals surface area contributed by atoms with E-state index in [0.717, 1.165) is 37.2 Å². The van der Waals surface area contributed by atoms with E-state index in [1.54, 1.807) is 23.5 Å². The van der Waals surface area contributed by atoms with Crippen LogP contribution in [0.4, 0.5) is 0 Å². The van der Waals surface area contributed by atoms with Crippen molar-refractivity contribution in [3.05, 3.63) is 51.7 Å². The zero-order valence-electron chi connectivity index (χ0n) is 18.0. The molecule has 0 saturated carbocycles. The maximum atomic E-state index is 12.8. The predicted octanol–water partition coefficient (Wildman–Crippen LogP) is 3.53. The highest BCUT2D eigenvalue weighted by atomic mass is 32.2. The van der Waals surface area contributed by atoms with Crippen LogP contribution in [0.25, 0.3) is 0 Å². The van der Waals surface area contributed by atoms with Crippen molar-refractivity contribution in [1.82, 2.24) is 14.9 Å². The van der Waals surface area contributed by atoms with Gasteiger partial charge >= 0.3 is 0 Å². The molecule has 1 aromatic carbocycles. The molecule has 0 amide bonds. The first-order valence-corrected chi connectivity index (χ1v) is 12.8. The first kappa shape index (κ1) is 22.8. The van der Waals surface area contributed by atoms with Gasteiger partial charge in [-0.3, -0.25) is 4.99 Å². The van der Waals surface area contributed by atoms with Gasteiger partial charge in [-0.1, -0.05) is 18.6 Å². The number of sulfonamides is 1. The number of benzene rings is 1. The quantitative estimate of drug-likeness (QED) is 0.502. The van der Waals surface area contributed by atoms with Crippen molar-refractivity contribution in [2.45, 2.75) is 57.0 Å². The average molecular weight is 449 g/mol. The zero-order chi connectivity index (χ0) is 21.6. The number of aliphatic imine (C=N–C) groups is 1. The van der Waals surface area contributed by atoms with Crippen LogP contribution in [0, 0.1) is 6.92 Å². The molecule has 1 fully saturated rings. The summed E-state index contributed by atoms with van der Waals surface area (Å²) >= 11 is 1.82. The van der Waals surface area contributed by atoms with E-state index in [0.29, 0.717) is 24.5 Å². The van der Waals surface area contributed by atoms with E-state index in [1.807, 2.05) is 23.5 Å². The van der Waals surface area contributed by atoms with Crippen LogP contribution in [-0.2, 0) is 23.0 Å². The number of thiophene rings is 1. The molecule has 2 aromatic rings. The standard InChI is InChI=1S/C22H32N4O2S2/c1-17(15-20-10-7-18(2)29-20)25-22(23-3)24-16-19-8-11-21(12-9-19)30(27,28)26-13-5-4-6-14-26/h7-12,17H,4-6,13-16H2,1-3H3,(H2,23,24,25). The third-order valence-electron chi connectivity index (χ3n) is 5.25. The second kappa shape index (κ2) is 10.4. The Kier molecular flexibility index (Phi) is 7.91. The van der Waals surface area contributed by atoms with E-state index < -0.39 is 10.0 Å². The highest BCUT2D eigenvalue weighted by Crippen LogP contribution is 2.21. The second-order valence-corrected chi connectivity index (χ2v) is 11.1. The lowest BCUT2D eigenvalue weighted by atomic mass is 10.2. The summed E-state index contributed by atoms with van der Waals surface area (Å²) in [6.45, 7) is 6.08. The van der Waals surface area contributed by atoms with Crippen molar-refractivity contribution >= 4 is 27.3 Å². The van der Waals surface area contributed by atoms with Gasteiger partial charge in [0.05, 0.1) is 4.90 Å². The highest BCUT2D eigenvalue weighted by Gasteiger charge is 2.25. The third kappa shape index (κ3) is 6.06. The van der Waals surface area contributed by atoms with E-state index in [2.05, 4.69) is 41.6 Å². The van der Waals surface area contributed by atoms with E-state index >= 15 is 0 Å². The van der Waals surface area contributed by atoms with Crippen molar-refractivity contribution in [2.24, 2.45) is 4.99 Å². The molecule has 1 aromatic heterocycles. The molecule has 1 atom stereocenters. The van der Waals surface area contributed by atoms with E-state index in [9.17, 15) is 8.42 Å². The summed E-state index contributed by atoms with van der Waals surface area (Å²) in [5, 5.41) is 6.73. The van der Waals surface area contributed by atoms with E-state index in [1.165, 1.54) is 9.75 Å². The Hall–Kier alpha value is -1.90. The lowest BCUT2D eigenvalue weighted by molar-refractivity contribution is 0.346. The summed E-state index contributed by atoms with van der Waals surface area (Å²) in [6.07, 6.45) is 3.94. The molecule has 6 nitrogen and oxygen atoms in total. The van der Waals surface area contributed by atoms with Crippen LogP contribution in [0.15, 0.2) is 46.3 Å². The summed E-state index contributed by atoms with van der Waals surface area (Å²) in [5.41, 5.74) is 1.01. The van der Waals surface area contributed by atoms with Crippen LogP contribution in [0.1, 0.15) is 41.5 Å². The molecule has 8 heteroatoms. The normalized spacial score (nSPS) is 17.0. The molecule has 1 unspecified atom stereocenters. The van der Waals surface area contributed by atoms with Crippen molar-refractivity contribution in [1.29, 1.82) is 0 Å². The molecule has 2 N–H and O–H groups in total. The Labute approximate surface area is 184 Å². The van der Waals surface area contributed by atoms with Crippen LogP contribution in [0.3, 0.4) is 0 Å². The van der Waals surface area contributed by atoms with E-state index in [4.69, 9.17) is 0 Å². The molecular formula is C22H32N4O2S2. The van der Waals surface area contributed by atoms with Gasteiger partial charge in [0.15, 0.2) is 5.96 Å². The molecule has 1 saturated heterocycles. The average Bonchev–Trinajstić information content (AvgIpc) is 3.16. The first-order valence-electron chi connectivity index (χ1n) is 10.5. The number of nitrogens with one attached hydrogen (secondary N) is 2. The minimum atomic E-state index is -3.38. The predicted molar refractivity (Wildman–Crippen MR) is 125 cm³/mol. The van der Waals surface area contributed by atoms with Crippen LogP contribution in [0.2, 0.25) is 0 Å². The molecule has 3 rings (SSSR count). The van der Waals surface area contributed by atoms with Crippen molar-refractivity contribution in [3.8, 4) is 0 Å². The van der Waals surface area contributed by atoms with Gasteiger partial charge in [-0.2, -0.15) is 4.31 Å². The van der Waals surface area contributed by atoms with Gasteiger partial charge in [0.25, 0.3) is 0 Å². The monoisotopic (exact) mass is 448 g/mol. The smallest absolute Gasteiger partial charge is 0.243 e. The fraction of sp³-hybridized carbons (Fsp3) is 0.500. The summed E-state index contributed by atoms with van der Waals surface area (Å²) in [4.78, 5) is 7.35. The Bertz CT molecular complexity index is 946. The number of hydrogen-bond donors (Lipinski definition) is 2. The fourth-order valence-corrected chi connectivity index (χ4v) is 6.13. The Balaban J connectivity index is 1.53. The Morgan fingerprint density at radius 3 is 2.43 bits per heavy atom. The molecule has 2 heterocycles. The third-order valence-corrected chi connectivity index (χ3v) is 8.18. The number of rotatable bonds is 7. The Morgan fingerprint density at radius 2 is 1.83 bits per heavy atom. The van der Waals surface area contributed by atoms with E-state index in [-0.39, 0.29) is 6.04 Å². The molecular weight excluding hydrogens is 416 g/mol. The molecule has 30 heavy (non-hydrogen) atoms. The maximum absolute atomic E-state index is 12.8. The van der Waals surface area contributed by atoms with Crippen LogP contribution < -0.4 is 10.6 Å². The number of hydrogen-bond acceptors (Lipinski definition) is 4. The molecule has 1 aliphatic rings. The molecule has 1 aliphatic heterocycles. The van der Waals surface area contributed by atoms with Crippen LogP contribution in [-0.4, -0.2) is 44.9 Å². The van der Waals surface area contributed by atoms with Crippen LogP contribution in [0.5, 0.6) is 0 Å². The fourth-order valence-electron chi connectivity index (χ4n) is 3.60. The lowest BCUT2D eigenvalue weighted by Crippen LogP contribution is -2.42. The number of nitrogens with zero attached hydrogens (tertiary/aromatic N) is 2. The van der Waals surface area contributed by atoms with Gasteiger partial charge in [0.1, 0.15) is 0 Å². The van der Waals surface area contributed by atoms with Crippen molar-refractivity contribution in [3.63, 3.8) is 0 Å². The summed E-state index contributed by atoms with van der Waals surface area (Å²) in [5.74, 6) is 0.737. The lowest BCUT2D eigenvalue weighted by Gasteiger charge is -2.25. The number of piperidine rings is 1. The summed E-state index contributed by atoms with van der Waals surface area (Å²) in [6, 6.07) is 11.7. The molecule has 0 radical (unpaired) electrons. The molecule has 0 aliphatic carbocycles. The number of aryl methyl sites for hydroxylation is 1. The minimum Gasteiger partial charge on any atom is -0.354 e. The second-order valence-electron chi connectivity index (χ2n) is 7.80. The van der Waals surface area contributed by atoms with Gasteiger partial charge in [-0.25, -0.2) is 8.42 Å². The van der Waals surface area contributed by atoms with Gasteiger partial charge in [0.2, 0.25) is 10.0 Å². The van der Waals surface area contributed by atoms with Crippen molar-refractivity contribution in [2.75, 3.05) is 20.1 Å². The molecule has 0 bridgehead atoms. The van der Waals surface area contributed by atoms with Gasteiger partial charge in [0, 0.05) is 48.9 Å². The molecule has 164 valence electrons. The van der Waals surface area contributed by atoms with Gasteiger partial charge < -0.3 is 10.6 Å². The zero-order valence-corrected chi connectivity index (χ0v) is 19.7. The maximum Gasteiger partial charge on any atom is 0.243 e. The van der Waals surface area contributed by atoms with Gasteiger partial charge in [-0.15, -0.1) is 11.3 Å². The topological polar surface area (TPSA) is 73.8 Å². The Morgan fingerprint density at radius 1 is 1.13 bits per heavy atom. The highest BCUT2D eigenvalue weighted by molar-refractivity contribution is 7.89. The number of guanidine groups is 1. The SMILES string of the molecule is CN=C(NCc1ccc(S(=O)(=O)N2CCCCC2)cc1)NC(C)Cc1ccc(C)s1. The van der Waals surface area contributed by atoms with Gasteiger partial charge in [-0.05, 0) is 56.5 Å². The summed E-state index contributed by atoms with van der Waals surface area (Å²) in [7, 11) is -1.63. The summed E-state index contributed by atoms with van der Waals surface area (Å²) < 4.78 is 27.1. The van der Waals surface area contributed by atoms with Crippen LogP contribution >= 0.6 is 11.3 Å². The molecule has 0 spiro atoms.